The van der Waals surface area contributed by atoms with Crippen molar-refractivity contribution in [3.8, 4) is 0 Å². The number of carbonyl (C=O) groups is 1. The number of benzene rings is 1. The zero-order valence-corrected chi connectivity index (χ0v) is 12.8. The van der Waals surface area contributed by atoms with Crippen LogP contribution in [0, 0.1) is 0 Å². The van der Waals surface area contributed by atoms with Crippen molar-refractivity contribution in [1.82, 2.24) is 4.98 Å². The summed E-state index contributed by atoms with van der Waals surface area (Å²) in [5.41, 5.74) is -3.40. The van der Waals surface area contributed by atoms with Gasteiger partial charge < -0.3 is 10.4 Å². The van der Waals surface area contributed by atoms with Crippen molar-refractivity contribution in [3.63, 3.8) is 0 Å². The van der Waals surface area contributed by atoms with E-state index in [9.17, 15) is 23.1 Å². The number of nitrogens with one attached hydrogen (secondary N) is 1. The lowest BCUT2D eigenvalue weighted by molar-refractivity contribution is -0.242. The fraction of sp³-hybridized carbons (Fsp3) is 0.200. The van der Waals surface area contributed by atoms with Gasteiger partial charge >= 0.3 is 6.18 Å². The highest BCUT2D eigenvalue weighted by molar-refractivity contribution is 7.99. The molecule has 0 fully saturated rings. The third-order valence-electron chi connectivity index (χ3n) is 2.95. The lowest BCUT2D eigenvalue weighted by Gasteiger charge is -2.24. The molecule has 0 saturated carbocycles. The summed E-state index contributed by atoms with van der Waals surface area (Å²) in [6.07, 6.45) is -3.83. The Hall–Kier alpha value is -2.06. The van der Waals surface area contributed by atoms with Gasteiger partial charge in [-0.1, -0.05) is 30.0 Å². The molecule has 0 aliphatic rings. The Bertz CT molecular complexity index is 673. The second kappa shape index (κ2) is 6.59. The van der Waals surface area contributed by atoms with Gasteiger partial charge in [-0.15, -0.1) is 0 Å². The summed E-state index contributed by atoms with van der Waals surface area (Å²) in [5.74, 6) is -1.56. The molecule has 0 radical (unpaired) electrons. The molecule has 1 atom stereocenters. The summed E-state index contributed by atoms with van der Waals surface area (Å²) in [6.45, 7) is 0.398. The number of carbonyl (C=O) groups excluding carboxylic acids is 1. The number of alkyl halides is 3. The molecule has 0 saturated heterocycles. The highest BCUT2D eigenvalue weighted by Crippen LogP contribution is 2.31. The number of nitrogens with zero attached hydrogens (tertiary/aromatic N) is 1. The van der Waals surface area contributed by atoms with Crippen LogP contribution in [-0.2, 0) is 4.79 Å². The van der Waals surface area contributed by atoms with Gasteiger partial charge in [0.15, 0.2) is 0 Å². The van der Waals surface area contributed by atoms with Crippen molar-refractivity contribution in [2.24, 2.45) is 0 Å². The normalized spacial score (nSPS) is 14.1. The highest BCUT2D eigenvalue weighted by Gasteiger charge is 2.55. The summed E-state index contributed by atoms with van der Waals surface area (Å²) >= 11 is 1.37. The van der Waals surface area contributed by atoms with Gasteiger partial charge in [-0.25, -0.2) is 4.98 Å². The van der Waals surface area contributed by atoms with Crippen LogP contribution in [-0.4, -0.2) is 27.8 Å². The molecule has 2 aromatic rings. The molecule has 1 aromatic carbocycles. The number of hydrogen-bond donors (Lipinski definition) is 2. The van der Waals surface area contributed by atoms with Crippen molar-refractivity contribution in [2.75, 3.05) is 5.32 Å². The first-order valence-corrected chi connectivity index (χ1v) is 7.31. The zero-order valence-electron chi connectivity index (χ0n) is 12.0. The second-order valence-corrected chi connectivity index (χ2v) is 5.92. The maximum absolute atomic E-state index is 12.6. The number of hydrogen-bond acceptors (Lipinski definition) is 4. The molecule has 1 aromatic heterocycles. The van der Waals surface area contributed by atoms with Crippen LogP contribution in [0.1, 0.15) is 6.92 Å². The molecule has 4 nitrogen and oxygen atoms in total. The summed E-state index contributed by atoms with van der Waals surface area (Å²) < 4.78 is 37.7. The maximum atomic E-state index is 12.6. The number of anilines is 1. The van der Waals surface area contributed by atoms with Crippen LogP contribution in [0.3, 0.4) is 0 Å². The van der Waals surface area contributed by atoms with Crippen molar-refractivity contribution in [2.45, 2.75) is 28.6 Å². The Morgan fingerprint density at radius 3 is 2.35 bits per heavy atom. The molecule has 2 rings (SSSR count). The van der Waals surface area contributed by atoms with Crippen LogP contribution in [0.2, 0.25) is 0 Å². The van der Waals surface area contributed by atoms with Crippen LogP contribution in [0.5, 0.6) is 0 Å². The Morgan fingerprint density at radius 1 is 1.17 bits per heavy atom. The fourth-order valence-electron chi connectivity index (χ4n) is 1.51. The van der Waals surface area contributed by atoms with E-state index in [0.717, 1.165) is 4.90 Å². The first-order chi connectivity index (χ1) is 10.7. The van der Waals surface area contributed by atoms with Gasteiger partial charge in [0.2, 0.25) is 5.60 Å². The molecule has 0 bridgehead atoms. The minimum atomic E-state index is -5.06. The van der Waals surface area contributed by atoms with Crippen molar-refractivity contribution >= 4 is 23.4 Å². The zero-order chi connectivity index (χ0) is 17.1. The monoisotopic (exact) mass is 342 g/mol. The number of rotatable bonds is 4. The van der Waals surface area contributed by atoms with E-state index in [4.69, 9.17) is 0 Å². The Labute approximate surface area is 134 Å². The van der Waals surface area contributed by atoms with Gasteiger partial charge in [0.1, 0.15) is 5.03 Å². The summed E-state index contributed by atoms with van der Waals surface area (Å²) in [6, 6.07) is 12.4. The van der Waals surface area contributed by atoms with E-state index in [1.54, 1.807) is 6.07 Å². The fourth-order valence-corrected chi connectivity index (χ4v) is 2.28. The maximum Gasteiger partial charge on any atom is 0.426 e. The number of aromatic nitrogens is 1. The van der Waals surface area contributed by atoms with E-state index >= 15 is 0 Å². The van der Waals surface area contributed by atoms with Gasteiger partial charge in [-0.3, -0.25) is 4.79 Å². The van der Waals surface area contributed by atoms with E-state index in [2.05, 4.69) is 4.98 Å². The minimum Gasteiger partial charge on any atom is -0.373 e. The number of amides is 1. The lowest BCUT2D eigenvalue weighted by atomic mass is 10.1. The Balaban J connectivity index is 2.04. The minimum absolute atomic E-state index is 0.0666. The average Bonchev–Trinajstić information content (AvgIpc) is 2.49. The van der Waals surface area contributed by atoms with Crippen LogP contribution in [0.25, 0.3) is 0 Å². The van der Waals surface area contributed by atoms with Crippen molar-refractivity contribution in [1.29, 1.82) is 0 Å². The Morgan fingerprint density at radius 2 is 1.83 bits per heavy atom. The lowest BCUT2D eigenvalue weighted by Crippen LogP contribution is -2.52. The van der Waals surface area contributed by atoms with Crippen LogP contribution in [0.4, 0.5) is 18.9 Å². The SMILES string of the molecule is CC(O)(C(=O)Nc1ccc(Sc2ccccc2)nc1)C(F)(F)F. The molecule has 0 aliphatic carbocycles. The van der Waals surface area contributed by atoms with Crippen molar-refractivity contribution in [3.05, 3.63) is 48.7 Å². The van der Waals surface area contributed by atoms with Crippen LogP contribution in [0.15, 0.2) is 58.6 Å². The molecule has 0 spiro atoms. The second-order valence-electron chi connectivity index (χ2n) is 4.82. The van der Waals surface area contributed by atoms with Gasteiger partial charge in [-0.2, -0.15) is 13.2 Å². The Kier molecular flexibility index (Phi) is 4.96. The van der Waals surface area contributed by atoms with E-state index in [1.165, 1.54) is 24.0 Å². The molecular weight excluding hydrogens is 329 g/mol. The summed E-state index contributed by atoms with van der Waals surface area (Å²) in [5, 5.41) is 11.9. The van der Waals surface area contributed by atoms with E-state index in [0.29, 0.717) is 11.9 Å². The van der Waals surface area contributed by atoms with Crippen LogP contribution >= 0.6 is 11.8 Å². The number of aliphatic hydroxyl groups is 1. The van der Waals surface area contributed by atoms with Gasteiger partial charge in [0.05, 0.1) is 11.9 Å². The molecule has 23 heavy (non-hydrogen) atoms. The molecule has 1 heterocycles. The highest BCUT2D eigenvalue weighted by atomic mass is 32.2. The molecule has 0 aliphatic heterocycles. The largest absolute Gasteiger partial charge is 0.426 e. The summed E-state index contributed by atoms with van der Waals surface area (Å²) in [4.78, 5) is 16.6. The molecule has 1 unspecified atom stereocenters. The summed E-state index contributed by atoms with van der Waals surface area (Å²) in [7, 11) is 0. The topological polar surface area (TPSA) is 62.2 Å². The first-order valence-electron chi connectivity index (χ1n) is 6.49. The third-order valence-corrected chi connectivity index (χ3v) is 3.91. The first kappa shape index (κ1) is 17.3. The number of halogens is 3. The van der Waals surface area contributed by atoms with Crippen LogP contribution < -0.4 is 5.32 Å². The van der Waals surface area contributed by atoms with Gasteiger partial charge in [-0.05, 0) is 31.2 Å². The van der Waals surface area contributed by atoms with Gasteiger partial charge in [0.25, 0.3) is 5.91 Å². The number of pyridine rings is 1. The predicted octanol–water partition coefficient (Wildman–Crippen LogP) is 3.48. The quantitative estimate of drug-likeness (QED) is 0.893. The third kappa shape index (κ3) is 4.23. The smallest absolute Gasteiger partial charge is 0.373 e. The van der Waals surface area contributed by atoms with Gasteiger partial charge in [0, 0.05) is 4.90 Å². The average molecular weight is 342 g/mol. The predicted molar refractivity (Wildman–Crippen MR) is 80.1 cm³/mol. The van der Waals surface area contributed by atoms with Crippen molar-refractivity contribution < 1.29 is 23.1 Å². The molecular formula is C15H13F3N2O2S. The molecule has 8 heteroatoms. The molecule has 2 N–H and O–H groups in total. The molecule has 122 valence electrons. The van der Waals surface area contributed by atoms with E-state index in [-0.39, 0.29) is 5.69 Å². The molecule has 1 amide bonds. The van der Waals surface area contributed by atoms with E-state index in [1.807, 2.05) is 35.6 Å². The van der Waals surface area contributed by atoms with E-state index < -0.39 is 17.7 Å². The standard InChI is InChI=1S/C15H13F3N2O2S/c1-14(22,15(16,17)18)13(21)20-10-7-8-12(19-9-10)23-11-5-3-2-4-6-11/h2-9,22H,1H3,(H,20,21).